The molecule has 1 aliphatic rings. The Morgan fingerprint density at radius 2 is 2.29 bits per heavy atom. The highest BCUT2D eigenvalue weighted by atomic mass is 16.5. The number of fused-ring (bicyclic) bond motifs is 1. The fourth-order valence-electron chi connectivity index (χ4n) is 2.05. The number of aliphatic hydroxyl groups is 2. The quantitative estimate of drug-likeness (QED) is 0.642. The maximum Gasteiger partial charge on any atom is 0.144 e. The molecule has 5 nitrogen and oxygen atoms in total. The predicted octanol–water partition coefficient (Wildman–Crippen LogP) is 0.211. The van der Waals surface area contributed by atoms with Gasteiger partial charge in [0.15, 0.2) is 0 Å². The third kappa shape index (κ3) is 2.16. The average Bonchev–Trinajstić information content (AvgIpc) is 2.48. The number of rotatable bonds is 2. The van der Waals surface area contributed by atoms with Gasteiger partial charge in [-0.05, 0) is 19.1 Å². The number of anilines is 2. The van der Waals surface area contributed by atoms with E-state index >= 15 is 0 Å². The molecular formula is C12H18N2O3. The van der Waals surface area contributed by atoms with Crippen molar-refractivity contribution in [2.75, 3.05) is 36.9 Å². The van der Waals surface area contributed by atoms with Gasteiger partial charge in [0.2, 0.25) is 0 Å². The van der Waals surface area contributed by atoms with E-state index in [1.807, 2.05) is 24.0 Å². The molecule has 5 heteroatoms. The van der Waals surface area contributed by atoms with Crippen molar-refractivity contribution in [2.24, 2.45) is 0 Å². The minimum atomic E-state index is -1.25. The second-order valence-corrected chi connectivity index (χ2v) is 4.38. The zero-order valence-corrected chi connectivity index (χ0v) is 9.89. The van der Waals surface area contributed by atoms with Crippen molar-refractivity contribution in [3.8, 4) is 5.75 Å². The van der Waals surface area contributed by atoms with Crippen molar-refractivity contribution in [1.29, 1.82) is 0 Å². The molecular weight excluding hydrogens is 220 g/mol. The van der Waals surface area contributed by atoms with Crippen LogP contribution in [0.1, 0.15) is 6.92 Å². The van der Waals surface area contributed by atoms with Crippen LogP contribution in [0.15, 0.2) is 18.2 Å². The highest BCUT2D eigenvalue weighted by Crippen LogP contribution is 2.37. The van der Waals surface area contributed by atoms with E-state index in [9.17, 15) is 10.2 Å². The van der Waals surface area contributed by atoms with Gasteiger partial charge >= 0.3 is 0 Å². The molecule has 0 saturated heterocycles. The summed E-state index contributed by atoms with van der Waals surface area (Å²) in [7, 11) is 0. The molecule has 0 bridgehead atoms. The fourth-order valence-corrected chi connectivity index (χ4v) is 2.05. The molecule has 0 saturated carbocycles. The number of para-hydroxylation sites is 1. The van der Waals surface area contributed by atoms with E-state index in [0.29, 0.717) is 24.5 Å². The Morgan fingerprint density at radius 1 is 1.53 bits per heavy atom. The van der Waals surface area contributed by atoms with Crippen molar-refractivity contribution in [3.63, 3.8) is 0 Å². The van der Waals surface area contributed by atoms with E-state index in [1.165, 1.54) is 0 Å². The lowest BCUT2D eigenvalue weighted by atomic mass is 10.1. The third-order valence-electron chi connectivity index (χ3n) is 3.00. The molecule has 1 unspecified atom stereocenters. The van der Waals surface area contributed by atoms with Gasteiger partial charge in [0, 0.05) is 6.54 Å². The van der Waals surface area contributed by atoms with E-state index in [0.717, 1.165) is 5.69 Å². The number of aliphatic hydroxyl groups excluding tert-OH is 1. The molecule has 0 fully saturated rings. The molecule has 17 heavy (non-hydrogen) atoms. The number of nitrogens with two attached hydrogens (primary N) is 1. The van der Waals surface area contributed by atoms with Crippen LogP contribution in [-0.4, -0.2) is 42.1 Å². The number of likely N-dealkylation sites (N-methyl/N-ethyl adjacent to an activating group) is 1. The Morgan fingerprint density at radius 3 is 2.94 bits per heavy atom. The molecule has 1 aliphatic heterocycles. The zero-order chi connectivity index (χ0) is 12.5. The van der Waals surface area contributed by atoms with Gasteiger partial charge in [-0.25, -0.2) is 0 Å². The topological polar surface area (TPSA) is 79.0 Å². The smallest absolute Gasteiger partial charge is 0.144 e. The van der Waals surface area contributed by atoms with E-state index < -0.39 is 5.60 Å². The summed E-state index contributed by atoms with van der Waals surface area (Å²) < 4.78 is 5.54. The van der Waals surface area contributed by atoms with Crippen molar-refractivity contribution in [1.82, 2.24) is 0 Å². The van der Waals surface area contributed by atoms with Gasteiger partial charge in [0.05, 0.1) is 18.8 Å². The van der Waals surface area contributed by atoms with Crippen LogP contribution >= 0.6 is 0 Å². The van der Waals surface area contributed by atoms with Gasteiger partial charge in [0.1, 0.15) is 23.6 Å². The molecule has 2 rings (SSSR count). The number of hydrogen-bond acceptors (Lipinski definition) is 5. The molecule has 1 aromatic carbocycles. The van der Waals surface area contributed by atoms with E-state index in [2.05, 4.69) is 0 Å². The minimum absolute atomic E-state index is 0.0659. The summed E-state index contributed by atoms with van der Waals surface area (Å²) >= 11 is 0. The molecule has 0 aliphatic carbocycles. The molecule has 4 N–H and O–H groups in total. The van der Waals surface area contributed by atoms with Gasteiger partial charge in [-0.3, -0.25) is 0 Å². The number of nitrogens with zero attached hydrogens (tertiary/aromatic N) is 1. The summed E-state index contributed by atoms with van der Waals surface area (Å²) in [5.74, 6) is 0.649. The Kier molecular flexibility index (Phi) is 3.13. The molecule has 0 radical (unpaired) electrons. The van der Waals surface area contributed by atoms with Gasteiger partial charge in [0.25, 0.3) is 0 Å². The molecule has 0 spiro atoms. The van der Waals surface area contributed by atoms with E-state index in [-0.39, 0.29) is 13.2 Å². The lowest BCUT2D eigenvalue weighted by Gasteiger charge is -2.30. The average molecular weight is 238 g/mol. The molecule has 0 amide bonds. The van der Waals surface area contributed by atoms with Gasteiger partial charge < -0.3 is 25.6 Å². The SMILES string of the molecule is CCN1CC(O)(CO)COc2cccc(N)c21. The zero-order valence-electron chi connectivity index (χ0n) is 9.89. The Bertz CT molecular complexity index is 411. The van der Waals surface area contributed by atoms with Crippen LogP contribution < -0.4 is 15.4 Å². The third-order valence-corrected chi connectivity index (χ3v) is 3.00. The highest BCUT2D eigenvalue weighted by Gasteiger charge is 2.34. The van der Waals surface area contributed by atoms with E-state index in [4.69, 9.17) is 10.5 Å². The molecule has 94 valence electrons. The number of hydrogen-bond donors (Lipinski definition) is 3. The largest absolute Gasteiger partial charge is 0.488 e. The Labute approximate surface area is 100 Å². The summed E-state index contributed by atoms with van der Waals surface area (Å²) in [6, 6.07) is 5.43. The van der Waals surface area contributed by atoms with Crippen molar-refractivity contribution < 1.29 is 14.9 Å². The lowest BCUT2D eigenvalue weighted by Crippen LogP contribution is -2.48. The number of β-amino-alcohol motifs (C(OH)–C–C–N with tert-alkyl or cyclic N) is 1. The second kappa shape index (κ2) is 4.43. The van der Waals surface area contributed by atoms with Crippen LogP contribution in [0, 0.1) is 0 Å². The van der Waals surface area contributed by atoms with Crippen LogP contribution in [0.25, 0.3) is 0 Å². The second-order valence-electron chi connectivity index (χ2n) is 4.38. The molecule has 0 aromatic heterocycles. The van der Waals surface area contributed by atoms with Crippen LogP contribution in [0.5, 0.6) is 5.75 Å². The van der Waals surface area contributed by atoms with Gasteiger partial charge in [-0.2, -0.15) is 0 Å². The number of benzene rings is 1. The molecule has 1 aromatic rings. The monoisotopic (exact) mass is 238 g/mol. The maximum atomic E-state index is 10.2. The summed E-state index contributed by atoms with van der Waals surface area (Å²) in [5, 5.41) is 19.4. The van der Waals surface area contributed by atoms with Crippen molar-refractivity contribution in [2.45, 2.75) is 12.5 Å². The van der Waals surface area contributed by atoms with Gasteiger partial charge in [-0.1, -0.05) is 6.07 Å². The molecule has 1 atom stereocenters. The first-order valence-electron chi connectivity index (χ1n) is 5.69. The van der Waals surface area contributed by atoms with Crippen LogP contribution in [-0.2, 0) is 0 Å². The fraction of sp³-hybridized carbons (Fsp3) is 0.500. The predicted molar refractivity (Wildman–Crippen MR) is 66.3 cm³/mol. The Hall–Kier alpha value is -1.46. The summed E-state index contributed by atoms with van der Waals surface area (Å²) in [4.78, 5) is 1.92. The highest BCUT2D eigenvalue weighted by molar-refractivity contribution is 5.75. The van der Waals surface area contributed by atoms with Crippen LogP contribution in [0.2, 0.25) is 0 Å². The normalized spacial score (nSPS) is 23.8. The summed E-state index contributed by atoms with van der Waals surface area (Å²) in [5.41, 5.74) is 6.10. The lowest BCUT2D eigenvalue weighted by molar-refractivity contribution is -0.0374. The summed E-state index contributed by atoms with van der Waals surface area (Å²) in [6.07, 6.45) is 0. The van der Waals surface area contributed by atoms with E-state index in [1.54, 1.807) is 6.07 Å². The van der Waals surface area contributed by atoms with Crippen LogP contribution in [0.4, 0.5) is 11.4 Å². The van der Waals surface area contributed by atoms with Gasteiger partial charge in [-0.15, -0.1) is 0 Å². The van der Waals surface area contributed by atoms with Crippen LogP contribution in [0.3, 0.4) is 0 Å². The molecule has 1 heterocycles. The number of ether oxygens (including phenoxy) is 1. The summed E-state index contributed by atoms with van der Waals surface area (Å²) in [6.45, 7) is 2.70. The number of nitrogen functional groups attached to an aromatic ring is 1. The first kappa shape index (κ1) is 12.0. The Balaban J connectivity index is 2.43. The maximum absolute atomic E-state index is 10.2. The van der Waals surface area contributed by atoms with Crippen molar-refractivity contribution >= 4 is 11.4 Å². The standard InChI is InChI=1S/C12H18N2O3/c1-2-14-6-12(16,7-15)8-17-10-5-3-4-9(13)11(10)14/h3-5,15-16H,2,6-8,13H2,1H3. The first-order chi connectivity index (χ1) is 8.09. The van der Waals surface area contributed by atoms with Crippen molar-refractivity contribution in [3.05, 3.63) is 18.2 Å². The minimum Gasteiger partial charge on any atom is -0.488 e. The first-order valence-corrected chi connectivity index (χ1v) is 5.69.